The molecule has 4 heteroatoms. The maximum absolute atomic E-state index is 5.69. The lowest BCUT2D eigenvalue weighted by molar-refractivity contribution is 0.335. The summed E-state index contributed by atoms with van der Waals surface area (Å²) in [4.78, 5) is 4.71. The van der Waals surface area contributed by atoms with Gasteiger partial charge in [0.05, 0.1) is 17.3 Å². The minimum absolute atomic E-state index is 0.700. The number of hydrogen-bond donors (Lipinski definition) is 1. The molecule has 3 nitrogen and oxygen atoms in total. The molecule has 0 unspecified atom stereocenters. The van der Waals surface area contributed by atoms with Crippen molar-refractivity contribution in [2.24, 2.45) is 0 Å². The van der Waals surface area contributed by atoms with Crippen LogP contribution in [0.2, 0.25) is 0 Å². The van der Waals surface area contributed by atoms with E-state index in [1.165, 1.54) is 21.7 Å². The van der Waals surface area contributed by atoms with E-state index in [4.69, 9.17) is 9.72 Å². The number of aryl methyl sites for hydroxylation is 2. The molecule has 0 aliphatic heterocycles. The van der Waals surface area contributed by atoms with Crippen LogP contribution in [0, 0.1) is 13.8 Å². The second-order valence-corrected chi connectivity index (χ2v) is 5.79. The molecule has 1 heterocycles. The van der Waals surface area contributed by atoms with Gasteiger partial charge in [0.15, 0.2) is 0 Å². The first-order chi connectivity index (χ1) is 9.65. The summed E-state index contributed by atoms with van der Waals surface area (Å²) in [5, 5.41) is 6.47. The highest BCUT2D eigenvalue weighted by atomic mass is 32.1. The van der Waals surface area contributed by atoms with Crippen molar-refractivity contribution in [2.45, 2.75) is 27.2 Å². The molecule has 0 saturated carbocycles. The van der Waals surface area contributed by atoms with E-state index in [-0.39, 0.29) is 0 Å². The molecular weight excluding hydrogens is 268 g/mol. The summed E-state index contributed by atoms with van der Waals surface area (Å²) in [6.07, 6.45) is 0.982. The fourth-order valence-electron chi connectivity index (χ4n) is 2.26. The molecule has 108 valence electrons. The van der Waals surface area contributed by atoms with Crippen LogP contribution in [0.3, 0.4) is 0 Å². The summed E-state index contributed by atoms with van der Waals surface area (Å²) < 4.78 is 5.69. The van der Waals surface area contributed by atoms with Gasteiger partial charge in [0, 0.05) is 23.9 Å². The molecule has 1 aromatic heterocycles. The van der Waals surface area contributed by atoms with Gasteiger partial charge in [-0.25, -0.2) is 4.98 Å². The van der Waals surface area contributed by atoms with Crippen molar-refractivity contribution in [2.75, 3.05) is 20.2 Å². The largest absolute Gasteiger partial charge is 0.493 e. The summed E-state index contributed by atoms with van der Waals surface area (Å²) in [6.45, 7) is 7.87. The highest BCUT2D eigenvalue weighted by Gasteiger charge is 2.10. The van der Waals surface area contributed by atoms with Gasteiger partial charge >= 0.3 is 0 Å². The summed E-state index contributed by atoms with van der Waals surface area (Å²) in [6, 6.07) is 4.32. The van der Waals surface area contributed by atoms with Crippen LogP contribution in [0.25, 0.3) is 11.3 Å². The first-order valence-electron chi connectivity index (χ1n) is 6.99. The zero-order chi connectivity index (χ0) is 14.5. The predicted octanol–water partition coefficient (Wildman–Crippen LogP) is 3.59. The van der Waals surface area contributed by atoms with E-state index in [0.29, 0.717) is 6.61 Å². The SMILES string of the molecule is CCOc1c(C)cc(-c2csc(CCNC)n2)cc1C. The summed E-state index contributed by atoms with van der Waals surface area (Å²) in [5.74, 6) is 1.00. The number of thiazole rings is 1. The molecule has 2 rings (SSSR count). The molecular formula is C16H22N2OS. The number of nitrogens with one attached hydrogen (secondary N) is 1. The molecule has 0 spiro atoms. The van der Waals surface area contributed by atoms with Crippen LogP contribution in [0.5, 0.6) is 5.75 Å². The van der Waals surface area contributed by atoms with E-state index >= 15 is 0 Å². The van der Waals surface area contributed by atoms with Gasteiger partial charge < -0.3 is 10.1 Å². The summed E-state index contributed by atoms with van der Waals surface area (Å²) >= 11 is 1.73. The average molecular weight is 290 g/mol. The standard InChI is InChI=1S/C16H22N2OS/c1-5-19-16-11(2)8-13(9-12(16)3)14-10-20-15(18-14)6-7-17-4/h8-10,17H,5-7H2,1-4H3. The third-order valence-electron chi connectivity index (χ3n) is 3.19. The number of nitrogens with zero attached hydrogens (tertiary/aromatic N) is 1. The van der Waals surface area contributed by atoms with Crippen molar-refractivity contribution >= 4 is 11.3 Å². The zero-order valence-electron chi connectivity index (χ0n) is 12.6. The normalized spacial score (nSPS) is 10.8. The summed E-state index contributed by atoms with van der Waals surface area (Å²) in [5.41, 5.74) is 4.59. The van der Waals surface area contributed by atoms with Gasteiger partial charge in [-0.2, -0.15) is 0 Å². The van der Waals surface area contributed by atoms with E-state index in [2.05, 4.69) is 36.7 Å². The molecule has 0 aliphatic carbocycles. The van der Waals surface area contributed by atoms with Crippen molar-refractivity contribution in [3.8, 4) is 17.0 Å². The molecule has 0 radical (unpaired) electrons. The monoisotopic (exact) mass is 290 g/mol. The maximum atomic E-state index is 5.69. The Balaban J connectivity index is 2.26. The minimum Gasteiger partial charge on any atom is -0.493 e. The number of ether oxygens (including phenoxy) is 1. The molecule has 0 fully saturated rings. The first kappa shape index (κ1) is 15.0. The van der Waals surface area contributed by atoms with E-state index in [1.807, 2.05) is 14.0 Å². The molecule has 0 amide bonds. The molecule has 0 atom stereocenters. The van der Waals surface area contributed by atoms with Crippen LogP contribution in [-0.4, -0.2) is 25.2 Å². The minimum atomic E-state index is 0.700. The lowest BCUT2D eigenvalue weighted by Gasteiger charge is -2.12. The van der Waals surface area contributed by atoms with Crippen LogP contribution in [0.15, 0.2) is 17.5 Å². The van der Waals surface area contributed by atoms with Crippen molar-refractivity contribution in [3.05, 3.63) is 33.6 Å². The Kier molecular flexibility index (Phi) is 5.15. The second kappa shape index (κ2) is 6.86. The Bertz CT molecular complexity index is 555. The molecule has 0 saturated heterocycles. The topological polar surface area (TPSA) is 34.1 Å². The Morgan fingerprint density at radius 2 is 1.95 bits per heavy atom. The van der Waals surface area contributed by atoms with Crippen LogP contribution >= 0.6 is 11.3 Å². The number of benzene rings is 1. The van der Waals surface area contributed by atoms with Crippen molar-refractivity contribution in [1.29, 1.82) is 0 Å². The highest BCUT2D eigenvalue weighted by Crippen LogP contribution is 2.30. The third kappa shape index (κ3) is 3.38. The van der Waals surface area contributed by atoms with Crippen LogP contribution in [0.1, 0.15) is 23.1 Å². The number of hydrogen-bond acceptors (Lipinski definition) is 4. The van der Waals surface area contributed by atoms with Gasteiger partial charge in [-0.3, -0.25) is 0 Å². The van der Waals surface area contributed by atoms with E-state index in [0.717, 1.165) is 24.4 Å². The average Bonchev–Trinajstić information content (AvgIpc) is 2.89. The van der Waals surface area contributed by atoms with Crippen LogP contribution in [0.4, 0.5) is 0 Å². The fraction of sp³-hybridized carbons (Fsp3) is 0.438. The fourth-order valence-corrected chi connectivity index (χ4v) is 3.07. The molecule has 2 aromatic rings. The maximum Gasteiger partial charge on any atom is 0.125 e. The van der Waals surface area contributed by atoms with Gasteiger partial charge in [0.2, 0.25) is 0 Å². The second-order valence-electron chi connectivity index (χ2n) is 4.85. The molecule has 0 aliphatic rings. The van der Waals surface area contributed by atoms with Crippen molar-refractivity contribution < 1.29 is 4.74 Å². The first-order valence-corrected chi connectivity index (χ1v) is 7.87. The zero-order valence-corrected chi connectivity index (χ0v) is 13.4. The number of rotatable bonds is 6. The number of aromatic nitrogens is 1. The van der Waals surface area contributed by atoms with Gasteiger partial charge in [0.25, 0.3) is 0 Å². The van der Waals surface area contributed by atoms with Gasteiger partial charge in [0.1, 0.15) is 5.75 Å². The quantitative estimate of drug-likeness (QED) is 0.883. The Labute approximate surface area is 125 Å². The highest BCUT2D eigenvalue weighted by molar-refractivity contribution is 7.09. The Morgan fingerprint density at radius 1 is 1.25 bits per heavy atom. The lowest BCUT2D eigenvalue weighted by atomic mass is 10.0. The summed E-state index contributed by atoms with van der Waals surface area (Å²) in [7, 11) is 1.97. The Hall–Kier alpha value is -1.39. The molecule has 1 aromatic carbocycles. The van der Waals surface area contributed by atoms with Gasteiger partial charge in [-0.1, -0.05) is 0 Å². The van der Waals surface area contributed by atoms with Crippen molar-refractivity contribution in [3.63, 3.8) is 0 Å². The number of likely N-dealkylation sites (N-methyl/N-ethyl adjacent to an activating group) is 1. The smallest absolute Gasteiger partial charge is 0.125 e. The van der Waals surface area contributed by atoms with Gasteiger partial charge in [-0.15, -0.1) is 11.3 Å². The lowest BCUT2D eigenvalue weighted by Crippen LogP contribution is -2.09. The van der Waals surface area contributed by atoms with Gasteiger partial charge in [-0.05, 0) is 51.1 Å². The van der Waals surface area contributed by atoms with E-state index in [9.17, 15) is 0 Å². The van der Waals surface area contributed by atoms with E-state index < -0.39 is 0 Å². The van der Waals surface area contributed by atoms with E-state index in [1.54, 1.807) is 11.3 Å². The molecule has 1 N–H and O–H groups in total. The van der Waals surface area contributed by atoms with Crippen LogP contribution in [-0.2, 0) is 6.42 Å². The predicted molar refractivity (Wildman–Crippen MR) is 85.8 cm³/mol. The third-order valence-corrected chi connectivity index (χ3v) is 4.09. The molecule has 20 heavy (non-hydrogen) atoms. The molecule has 0 bridgehead atoms. The Morgan fingerprint density at radius 3 is 2.55 bits per heavy atom. The van der Waals surface area contributed by atoms with Crippen LogP contribution < -0.4 is 10.1 Å². The van der Waals surface area contributed by atoms with Crippen molar-refractivity contribution in [1.82, 2.24) is 10.3 Å².